The van der Waals surface area contributed by atoms with Gasteiger partial charge in [-0.05, 0) is 18.2 Å². The van der Waals surface area contributed by atoms with E-state index in [1.807, 2.05) is 13.8 Å². The lowest BCUT2D eigenvalue weighted by molar-refractivity contribution is -0.119. The van der Waals surface area contributed by atoms with E-state index in [-0.39, 0.29) is 36.7 Å². The van der Waals surface area contributed by atoms with Crippen LogP contribution < -0.4 is 16.4 Å². The van der Waals surface area contributed by atoms with Crippen LogP contribution in [0.2, 0.25) is 0 Å². The summed E-state index contributed by atoms with van der Waals surface area (Å²) in [5, 5.41) is 5.37. The lowest BCUT2D eigenvalue weighted by Crippen LogP contribution is -2.22. The molecule has 2 amide bonds. The molecule has 1 aromatic carbocycles. The van der Waals surface area contributed by atoms with Gasteiger partial charge in [0.2, 0.25) is 11.8 Å². The van der Waals surface area contributed by atoms with Crippen molar-refractivity contribution in [3.05, 3.63) is 24.3 Å². The van der Waals surface area contributed by atoms with E-state index in [2.05, 4.69) is 10.6 Å². The summed E-state index contributed by atoms with van der Waals surface area (Å²) in [6.45, 7) is 3.56. The Morgan fingerprint density at radius 3 is 2.28 bits per heavy atom. The molecule has 0 aliphatic carbocycles. The van der Waals surface area contributed by atoms with Crippen molar-refractivity contribution in [1.82, 2.24) is 0 Å². The van der Waals surface area contributed by atoms with E-state index in [1.165, 1.54) is 0 Å². The number of anilines is 2. The van der Waals surface area contributed by atoms with Crippen molar-refractivity contribution in [2.24, 2.45) is 11.7 Å². The van der Waals surface area contributed by atoms with Gasteiger partial charge in [0.15, 0.2) is 0 Å². The molecule has 0 saturated heterocycles. The molecular weight excluding hydrogens is 254 g/mol. The van der Waals surface area contributed by atoms with Crippen molar-refractivity contribution in [1.29, 1.82) is 0 Å². The van der Waals surface area contributed by atoms with Gasteiger partial charge in [0.05, 0.1) is 6.54 Å². The molecule has 5 nitrogen and oxygen atoms in total. The summed E-state index contributed by atoms with van der Waals surface area (Å²) in [4.78, 5) is 22.6. The Bertz CT molecular complexity index is 422. The molecular formula is C12H18ClN3O2. The van der Waals surface area contributed by atoms with E-state index in [0.717, 1.165) is 0 Å². The van der Waals surface area contributed by atoms with Gasteiger partial charge in [0, 0.05) is 17.3 Å². The van der Waals surface area contributed by atoms with Gasteiger partial charge in [-0.15, -0.1) is 12.4 Å². The Morgan fingerprint density at radius 1 is 1.22 bits per heavy atom. The molecule has 6 heteroatoms. The highest BCUT2D eigenvalue weighted by molar-refractivity contribution is 5.95. The van der Waals surface area contributed by atoms with Crippen LogP contribution in [0.4, 0.5) is 11.4 Å². The van der Waals surface area contributed by atoms with Gasteiger partial charge in [-0.1, -0.05) is 19.9 Å². The molecule has 0 aliphatic rings. The lowest BCUT2D eigenvalue weighted by atomic mass is 10.2. The molecule has 0 saturated carbocycles. The first-order chi connectivity index (χ1) is 8.02. The first-order valence-corrected chi connectivity index (χ1v) is 5.43. The second-order valence-electron chi connectivity index (χ2n) is 3.98. The molecule has 1 rings (SSSR count). The average molecular weight is 272 g/mol. The number of hydrogen-bond donors (Lipinski definition) is 3. The second kappa shape index (κ2) is 7.68. The Morgan fingerprint density at radius 2 is 1.78 bits per heavy atom. The van der Waals surface area contributed by atoms with Crippen LogP contribution in [0.15, 0.2) is 24.3 Å². The minimum atomic E-state index is -0.266. The highest BCUT2D eigenvalue weighted by atomic mass is 35.5. The molecule has 4 N–H and O–H groups in total. The van der Waals surface area contributed by atoms with E-state index >= 15 is 0 Å². The van der Waals surface area contributed by atoms with Crippen LogP contribution in [-0.2, 0) is 9.59 Å². The van der Waals surface area contributed by atoms with Crippen molar-refractivity contribution < 1.29 is 9.59 Å². The zero-order valence-corrected chi connectivity index (χ0v) is 11.2. The highest BCUT2D eigenvalue weighted by Gasteiger charge is 2.07. The first-order valence-electron chi connectivity index (χ1n) is 5.43. The second-order valence-corrected chi connectivity index (χ2v) is 3.98. The molecule has 1 aromatic rings. The zero-order chi connectivity index (χ0) is 12.8. The third-order valence-corrected chi connectivity index (χ3v) is 2.12. The van der Waals surface area contributed by atoms with Crippen LogP contribution in [0.25, 0.3) is 0 Å². The highest BCUT2D eigenvalue weighted by Crippen LogP contribution is 2.15. The van der Waals surface area contributed by atoms with Crippen molar-refractivity contribution in [2.45, 2.75) is 13.8 Å². The third kappa shape index (κ3) is 5.16. The van der Waals surface area contributed by atoms with E-state index in [1.54, 1.807) is 24.3 Å². The van der Waals surface area contributed by atoms with E-state index in [9.17, 15) is 9.59 Å². The van der Waals surface area contributed by atoms with Crippen LogP contribution in [0, 0.1) is 5.92 Å². The maximum absolute atomic E-state index is 11.5. The molecule has 0 fully saturated rings. The van der Waals surface area contributed by atoms with Crippen LogP contribution in [0.5, 0.6) is 0 Å². The third-order valence-electron chi connectivity index (χ3n) is 2.12. The minimum Gasteiger partial charge on any atom is -0.326 e. The topological polar surface area (TPSA) is 84.2 Å². The number of hydrogen-bond acceptors (Lipinski definition) is 3. The Labute approximate surface area is 113 Å². The molecule has 0 heterocycles. The lowest BCUT2D eigenvalue weighted by Gasteiger charge is -2.09. The number of nitrogens with one attached hydrogen (secondary N) is 2. The fourth-order valence-electron chi connectivity index (χ4n) is 1.17. The average Bonchev–Trinajstić information content (AvgIpc) is 2.29. The summed E-state index contributed by atoms with van der Waals surface area (Å²) < 4.78 is 0. The van der Waals surface area contributed by atoms with E-state index < -0.39 is 0 Å². The van der Waals surface area contributed by atoms with Gasteiger partial charge < -0.3 is 16.4 Å². The summed E-state index contributed by atoms with van der Waals surface area (Å²) in [6, 6.07) is 6.94. The summed E-state index contributed by atoms with van der Waals surface area (Å²) in [5.41, 5.74) is 6.46. The van der Waals surface area contributed by atoms with Gasteiger partial charge in [-0.25, -0.2) is 0 Å². The first kappa shape index (κ1) is 16.4. The number of amides is 2. The van der Waals surface area contributed by atoms with Gasteiger partial charge in [-0.3, -0.25) is 9.59 Å². The fraction of sp³-hybridized carbons (Fsp3) is 0.333. The van der Waals surface area contributed by atoms with Gasteiger partial charge in [0.1, 0.15) is 0 Å². The summed E-state index contributed by atoms with van der Waals surface area (Å²) in [7, 11) is 0. The summed E-state index contributed by atoms with van der Waals surface area (Å²) in [5.74, 6) is -0.415. The van der Waals surface area contributed by atoms with Gasteiger partial charge >= 0.3 is 0 Å². The molecule has 0 bridgehead atoms. The monoisotopic (exact) mass is 271 g/mol. The van der Waals surface area contributed by atoms with Crippen molar-refractivity contribution in [3.8, 4) is 0 Å². The van der Waals surface area contributed by atoms with Gasteiger partial charge in [-0.2, -0.15) is 0 Å². The van der Waals surface area contributed by atoms with Crippen molar-refractivity contribution in [2.75, 3.05) is 17.2 Å². The Balaban J connectivity index is 0.00000289. The van der Waals surface area contributed by atoms with Crippen molar-refractivity contribution >= 4 is 35.6 Å². The molecule has 100 valence electrons. The standard InChI is InChI=1S/C12H17N3O2.ClH/c1-8(2)12(17)15-10-5-3-4-9(6-10)14-11(16)7-13;/h3-6,8H,7,13H2,1-2H3,(H,14,16)(H,15,17);1H. The largest absolute Gasteiger partial charge is 0.326 e. The number of benzene rings is 1. The smallest absolute Gasteiger partial charge is 0.238 e. The molecule has 0 atom stereocenters. The molecule has 18 heavy (non-hydrogen) atoms. The normalized spacial score (nSPS) is 9.56. The molecule has 0 spiro atoms. The van der Waals surface area contributed by atoms with E-state index in [0.29, 0.717) is 11.4 Å². The number of nitrogens with two attached hydrogens (primary N) is 1. The molecule has 0 radical (unpaired) electrons. The van der Waals surface area contributed by atoms with Gasteiger partial charge in [0.25, 0.3) is 0 Å². The Kier molecular flexibility index (Phi) is 7.00. The summed E-state index contributed by atoms with van der Waals surface area (Å²) >= 11 is 0. The maximum Gasteiger partial charge on any atom is 0.238 e. The van der Waals surface area contributed by atoms with Crippen LogP contribution >= 0.6 is 12.4 Å². The predicted octanol–water partition coefficient (Wildman–Crippen LogP) is 1.60. The molecule has 0 unspecified atom stereocenters. The van der Waals surface area contributed by atoms with Crippen LogP contribution in [0.1, 0.15) is 13.8 Å². The van der Waals surface area contributed by atoms with E-state index in [4.69, 9.17) is 5.73 Å². The molecule has 0 aromatic heterocycles. The SMILES string of the molecule is CC(C)C(=O)Nc1cccc(NC(=O)CN)c1.Cl. The Hall–Kier alpha value is -1.59. The minimum absolute atomic E-state index is 0. The number of carbonyl (C=O) groups is 2. The zero-order valence-electron chi connectivity index (χ0n) is 10.4. The molecule has 0 aliphatic heterocycles. The van der Waals surface area contributed by atoms with Crippen LogP contribution in [0.3, 0.4) is 0 Å². The number of carbonyl (C=O) groups excluding carboxylic acids is 2. The quantitative estimate of drug-likeness (QED) is 0.778. The maximum atomic E-state index is 11.5. The summed E-state index contributed by atoms with van der Waals surface area (Å²) in [6.07, 6.45) is 0. The number of rotatable bonds is 4. The van der Waals surface area contributed by atoms with Crippen LogP contribution in [-0.4, -0.2) is 18.4 Å². The van der Waals surface area contributed by atoms with Crippen molar-refractivity contribution in [3.63, 3.8) is 0 Å². The fourth-order valence-corrected chi connectivity index (χ4v) is 1.17. The number of halogens is 1. The predicted molar refractivity (Wildman–Crippen MR) is 74.8 cm³/mol.